The molecule has 0 radical (unpaired) electrons. The van der Waals surface area contributed by atoms with Crippen LogP contribution in [0.4, 0.5) is 17.2 Å². The topological polar surface area (TPSA) is 122 Å². The van der Waals surface area contributed by atoms with Crippen LogP contribution < -0.4 is 15.5 Å². The molecular weight excluding hydrogens is 430 g/mol. The van der Waals surface area contributed by atoms with Gasteiger partial charge in [-0.25, -0.2) is 4.98 Å². The highest BCUT2D eigenvalue weighted by atomic mass is 35.5. The summed E-state index contributed by atoms with van der Waals surface area (Å²) in [5.74, 6) is -0.133. The highest BCUT2D eigenvalue weighted by Crippen LogP contribution is 2.32. The van der Waals surface area contributed by atoms with Gasteiger partial charge in [0.2, 0.25) is 0 Å². The molecule has 0 fully saturated rings. The van der Waals surface area contributed by atoms with Crippen LogP contribution in [0.2, 0.25) is 5.02 Å². The molecule has 3 aromatic rings. The average molecular weight is 454 g/mol. The van der Waals surface area contributed by atoms with Crippen LogP contribution in [0.3, 0.4) is 0 Å². The van der Waals surface area contributed by atoms with Crippen LogP contribution >= 0.6 is 11.6 Å². The lowest BCUT2D eigenvalue weighted by Gasteiger charge is -2.21. The summed E-state index contributed by atoms with van der Waals surface area (Å²) < 4.78 is 0. The van der Waals surface area contributed by atoms with E-state index in [-0.39, 0.29) is 22.8 Å². The van der Waals surface area contributed by atoms with Gasteiger partial charge in [-0.2, -0.15) is 0 Å². The number of benzene rings is 2. The second kappa shape index (κ2) is 9.67. The molecule has 1 unspecified atom stereocenters. The van der Waals surface area contributed by atoms with E-state index in [9.17, 15) is 15.0 Å². The number of aromatic nitrogens is 1. The van der Waals surface area contributed by atoms with Crippen molar-refractivity contribution in [2.45, 2.75) is 20.1 Å². The number of rotatable bonds is 6. The lowest BCUT2D eigenvalue weighted by molar-refractivity contribution is 0.102. The van der Waals surface area contributed by atoms with Crippen molar-refractivity contribution in [1.29, 1.82) is 5.41 Å². The minimum atomic E-state index is -1.14. The molecule has 0 bridgehead atoms. The molecular formula is C23H24ClN5O3. The molecule has 1 amide bonds. The minimum absolute atomic E-state index is 0.0171. The molecule has 0 aliphatic carbocycles. The highest BCUT2D eigenvalue weighted by Gasteiger charge is 2.21. The second-order valence-corrected chi connectivity index (χ2v) is 7.69. The first-order valence-corrected chi connectivity index (χ1v) is 10.1. The summed E-state index contributed by atoms with van der Waals surface area (Å²) in [6.07, 6.45) is 0.259. The third kappa shape index (κ3) is 5.16. The summed E-state index contributed by atoms with van der Waals surface area (Å²) >= 11 is 5.83. The van der Waals surface area contributed by atoms with Crippen molar-refractivity contribution < 1.29 is 15.0 Å². The fraction of sp³-hybridized carbons (Fsp3) is 0.174. The Kier molecular flexibility index (Phi) is 6.97. The van der Waals surface area contributed by atoms with Crippen LogP contribution in [0, 0.1) is 12.3 Å². The number of amidine groups is 1. The Morgan fingerprint density at radius 2 is 1.84 bits per heavy atom. The van der Waals surface area contributed by atoms with Crippen molar-refractivity contribution in [3.8, 4) is 5.75 Å². The molecule has 2 aromatic carbocycles. The van der Waals surface area contributed by atoms with Gasteiger partial charge in [0.25, 0.3) is 5.91 Å². The number of aliphatic hydroxyl groups is 1. The van der Waals surface area contributed by atoms with Gasteiger partial charge in [-0.1, -0.05) is 29.8 Å². The average Bonchev–Trinajstić information content (AvgIpc) is 2.77. The lowest BCUT2D eigenvalue weighted by atomic mass is 10.1. The predicted octanol–water partition coefficient (Wildman–Crippen LogP) is 4.54. The van der Waals surface area contributed by atoms with Crippen LogP contribution in [0.25, 0.3) is 0 Å². The number of halogens is 1. The zero-order valence-electron chi connectivity index (χ0n) is 17.8. The Hall–Kier alpha value is -3.62. The molecule has 0 aliphatic rings. The number of hydrogen-bond acceptors (Lipinski definition) is 6. The van der Waals surface area contributed by atoms with Gasteiger partial charge in [-0.05, 0) is 49.7 Å². The summed E-state index contributed by atoms with van der Waals surface area (Å²) in [5, 5.41) is 34.9. The third-order valence-electron chi connectivity index (χ3n) is 4.97. The van der Waals surface area contributed by atoms with Gasteiger partial charge in [-0.15, -0.1) is 0 Å². The maximum absolute atomic E-state index is 12.9. The van der Waals surface area contributed by atoms with E-state index >= 15 is 0 Å². The fourth-order valence-corrected chi connectivity index (χ4v) is 3.09. The maximum Gasteiger partial charge on any atom is 0.262 e. The number of carbonyl (C=O) groups is 1. The molecule has 9 heteroatoms. The Bertz CT molecular complexity index is 1130. The molecule has 8 nitrogen and oxygen atoms in total. The van der Waals surface area contributed by atoms with E-state index in [0.717, 1.165) is 5.69 Å². The van der Waals surface area contributed by atoms with Crippen LogP contribution in [-0.2, 0) is 0 Å². The van der Waals surface area contributed by atoms with Crippen LogP contribution in [0.1, 0.15) is 34.6 Å². The normalized spacial score (nSPS) is 11.5. The summed E-state index contributed by atoms with van der Waals surface area (Å²) in [7, 11) is 1.78. The molecule has 0 saturated heterocycles. The number of nitrogens with zero attached hydrogens (tertiary/aromatic N) is 2. The zero-order chi connectivity index (χ0) is 23.4. The van der Waals surface area contributed by atoms with Gasteiger partial charge in [0, 0.05) is 24.5 Å². The quantitative estimate of drug-likeness (QED) is 0.212. The van der Waals surface area contributed by atoms with E-state index in [0.29, 0.717) is 22.0 Å². The lowest BCUT2D eigenvalue weighted by Crippen LogP contribution is -2.22. The van der Waals surface area contributed by atoms with E-state index in [1.807, 2.05) is 0 Å². The van der Waals surface area contributed by atoms with Crippen molar-refractivity contribution in [3.05, 3.63) is 76.4 Å². The van der Waals surface area contributed by atoms with Crippen molar-refractivity contribution in [2.24, 2.45) is 0 Å². The number of amides is 1. The number of anilines is 3. The smallest absolute Gasteiger partial charge is 0.262 e. The zero-order valence-corrected chi connectivity index (χ0v) is 18.6. The number of pyridine rings is 1. The number of aryl methyl sites for hydroxylation is 1. The largest absolute Gasteiger partial charge is 0.507 e. The van der Waals surface area contributed by atoms with Crippen LogP contribution in [-0.4, -0.2) is 34.0 Å². The molecule has 1 heterocycles. The van der Waals surface area contributed by atoms with Gasteiger partial charge >= 0.3 is 0 Å². The highest BCUT2D eigenvalue weighted by molar-refractivity contribution is 6.30. The summed E-state index contributed by atoms with van der Waals surface area (Å²) in [6.45, 7) is 3.35. The van der Waals surface area contributed by atoms with E-state index in [4.69, 9.17) is 17.0 Å². The molecule has 0 spiro atoms. The third-order valence-corrected chi connectivity index (χ3v) is 5.19. The standard InChI is InChI=1S/C23H24ClN5O3/c1-13-4-10-18(20(21(13)30)23(32)28-19-11-7-16(24)12-26-19)27-22(31)15-5-8-17(9-6-15)29(3)14(2)25/h4-12,22,25,27,30-31H,1-3H3,(H,26,28,32). The molecule has 32 heavy (non-hydrogen) atoms. The maximum atomic E-state index is 12.9. The van der Waals surface area contributed by atoms with Gasteiger partial charge in [-0.3, -0.25) is 10.2 Å². The Morgan fingerprint density at radius 3 is 2.44 bits per heavy atom. The van der Waals surface area contributed by atoms with Crippen molar-refractivity contribution in [1.82, 2.24) is 4.98 Å². The molecule has 1 atom stereocenters. The number of aromatic hydroxyl groups is 1. The summed E-state index contributed by atoms with van der Waals surface area (Å²) in [5.41, 5.74) is 2.10. The van der Waals surface area contributed by atoms with Gasteiger partial charge in [0.15, 0.2) is 6.23 Å². The number of nitrogens with one attached hydrogen (secondary N) is 3. The van der Waals surface area contributed by atoms with Crippen molar-refractivity contribution >= 4 is 40.5 Å². The molecule has 166 valence electrons. The van der Waals surface area contributed by atoms with E-state index in [1.165, 1.54) is 6.20 Å². The van der Waals surface area contributed by atoms with E-state index < -0.39 is 12.1 Å². The molecule has 3 rings (SSSR count). The number of hydrogen-bond donors (Lipinski definition) is 5. The molecule has 0 aliphatic heterocycles. The SMILES string of the molecule is CC(=N)N(C)c1ccc(C(O)Nc2ccc(C)c(O)c2C(=O)Nc2ccc(Cl)cn2)cc1. The Labute approximate surface area is 191 Å². The summed E-state index contributed by atoms with van der Waals surface area (Å²) in [6, 6.07) is 13.4. The van der Waals surface area contributed by atoms with Gasteiger partial charge < -0.3 is 25.7 Å². The minimum Gasteiger partial charge on any atom is -0.507 e. The first kappa shape index (κ1) is 23.1. The van der Waals surface area contributed by atoms with Gasteiger partial charge in [0.05, 0.1) is 16.5 Å². The van der Waals surface area contributed by atoms with Crippen LogP contribution in [0.15, 0.2) is 54.7 Å². The van der Waals surface area contributed by atoms with Crippen molar-refractivity contribution in [3.63, 3.8) is 0 Å². The summed E-state index contributed by atoms with van der Waals surface area (Å²) in [4.78, 5) is 18.6. The Morgan fingerprint density at radius 1 is 1.16 bits per heavy atom. The molecule has 5 N–H and O–H groups in total. The first-order chi connectivity index (χ1) is 15.2. The molecule has 1 aromatic heterocycles. The van der Waals surface area contributed by atoms with E-state index in [1.54, 1.807) is 74.3 Å². The number of phenols is 1. The number of aliphatic hydroxyl groups excluding tert-OH is 1. The fourth-order valence-electron chi connectivity index (χ4n) is 2.98. The van der Waals surface area contributed by atoms with Crippen LogP contribution in [0.5, 0.6) is 5.75 Å². The second-order valence-electron chi connectivity index (χ2n) is 7.25. The van der Waals surface area contributed by atoms with Crippen molar-refractivity contribution in [2.75, 3.05) is 22.6 Å². The van der Waals surface area contributed by atoms with E-state index in [2.05, 4.69) is 15.6 Å². The molecule has 0 saturated carbocycles. The first-order valence-electron chi connectivity index (χ1n) is 9.76. The predicted molar refractivity (Wildman–Crippen MR) is 127 cm³/mol. The number of carbonyl (C=O) groups excluding carboxylic acids is 1. The monoisotopic (exact) mass is 453 g/mol. The van der Waals surface area contributed by atoms with Gasteiger partial charge in [0.1, 0.15) is 17.1 Å². The number of phenolic OH excluding ortho intramolecular Hbond substituents is 1. The Balaban J connectivity index is 1.84.